The molecule has 0 aliphatic heterocycles. The van der Waals surface area contributed by atoms with Crippen LogP contribution in [0, 0.1) is 31.8 Å². The largest absolute Gasteiger partial charge is 0.466 e. The minimum Gasteiger partial charge on any atom is -0.466 e. The Balaban J connectivity index is -0.000000931. The minimum atomic E-state index is -0.0777. The molecule has 0 N–H and O–H groups in total. The predicted molar refractivity (Wildman–Crippen MR) is 269 cm³/mol. The molecule has 0 fully saturated rings. The van der Waals surface area contributed by atoms with Crippen molar-refractivity contribution in [1.82, 2.24) is 0 Å². The lowest BCUT2D eigenvalue weighted by Crippen LogP contribution is -2.30. The van der Waals surface area contributed by atoms with E-state index in [0.29, 0.717) is 67.0 Å². The van der Waals surface area contributed by atoms with E-state index >= 15 is 0 Å². The minimum absolute atomic E-state index is 0.0205. The monoisotopic (exact) mass is 986 g/mol. The molecule has 0 spiro atoms. The van der Waals surface area contributed by atoms with Crippen molar-refractivity contribution in [3.05, 3.63) is 46.3 Å². The van der Waals surface area contributed by atoms with Crippen LogP contribution in [0.3, 0.4) is 0 Å². The Morgan fingerprint density at radius 1 is 0.652 bits per heavy atom. The number of ether oxygens (including phenoxy) is 5. The molecule has 0 aliphatic carbocycles. The summed E-state index contributed by atoms with van der Waals surface area (Å²) in [5, 5.41) is 18.8. The number of rotatable bonds is 34. The third-order valence-electron chi connectivity index (χ3n) is 10.0. The fraction of sp³-hybridized carbons (Fsp3) is 0.692. The Morgan fingerprint density at radius 2 is 1.12 bits per heavy atom. The molecule has 17 heteroatoms. The van der Waals surface area contributed by atoms with Gasteiger partial charge in [0.2, 0.25) is 5.00 Å². The summed E-state index contributed by atoms with van der Waals surface area (Å²) in [6, 6.07) is 8.06. The molecule has 0 amide bonds. The van der Waals surface area contributed by atoms with Crippen LogP contribution in [0.1, 0.15) is 173 Å². The number of benzene rings is 1. The number of anilines is 1. The Morgan fingerprint density at radius 3 is 1.54 bits per heavy atom. The molecule has 0 saturated heterocycles. The highest BCUT2D eigenvalue weighted by Gasteiger charge is 2.15. The number of hydrogen-bond acceptors (Lipinski definition) is 16. The van der Waals surface area contributed by atoms with Gasteiger partial charge in [-0.2, -0.15) is 24.4 Å². The van der Waals surface area contributed by atoms with Gasteiger partial charge in [-0.15, -0.1) is 21.6 Å². The SMILES string of the molecule is CCCCCCCCCCC(=O)OCCC.CCCCCCCCCCC(=O)OCCOCCC.O=C=O.O=C=O.[C-]#[N+]c1sc(N=Nc2ccc(N(CCOC)CCOC)cc2C)c(C#N)c1C. The van der Waals surface area contributed by atoms with Crippen molar-refractivity contribution < 1.29 is 52.5 Å². The fourth-order valence-electron chi connectivity index (χ4n) is 6.24. The summed E-state index contributed by atoms with van der Waals surface area (Å²) in [7, 11) is 3.37. The van der Waals surface area contributed by atoms with Crippen LogP contribution in [-0.4, -0.2) is 91.2 Å². The second kappa shape index (κ2) is 52.3. The van der Waals surface area contributed by atoms with Gasteiger partial charge in [0, 0.05) is 52.4 Å². The van der Waals surface area contributed by atoms with Gasteiger partial charge >= 0.3 is 24.2 Å². The molecule has 0 bridgehead atoms. The number of nitriles is 1. The number of carbonyl (C=O) groups is 2. The number of hydrogen-bond donors (Lipinski definition) is 0. The summed E-state index contributed by atoms with van der Waals surface area (Å²) in [6.07, 6.45) is 23.8. The van der Waals surface area contributed by atoms with E-state index in [9.17, 15) is 14.9 Å². The first-order valence-electron chi connectivity index (χ1n) is 24.5. The summed E-state index contributed by atoms with van der Waals surface area (Å²) in [5.74, 6) is -0.0982. The lowest BCUT2D eigenvalue weighted by atomic mass is 10.1. The van der Waals surface area contributed by atoms with Gasteiger partial charge in [-0.05, 0) is 68.9 Å². The number of thiophene rings is 1. The molecule has 16 nitrogen and oxygen atoms in total. The van der Waals surface area contributed by atoms with Gasteiger partial charge in [0.05, 0.1) is 44.3 Å². The summed E-state index contributed by atoms with van der Waals surface area (Å²) < 4.78 is 25.7. The highest BCUT2D eigenvalue weighted by Crippen LogP contribution is 2.41. The number of unbranched alkanes of at least 4 members (excludes halogenated alkanes) is 14. The van der Waals surface area contributed by atoms with Crippen LogP contribution in [0.2, 0.25) is 0 Å². The van der Waals surface area contributed by atoms with Crippen LogP contribution in [0.5, 0.6) is 0 Å². The van der Waals surface area contributed by atoms with Gasteiger partial charge in [-0.1, -0.05) is 118 Å². The number of esters is 2. The zero-order chi connectivity index (χ0) is 52.2. The lowest BCUT2D eigenvalue weighted by molar-refractivity contribution is -0.193. The zero-order valence-electron chi connectivity index (χ0n) is 43.2. The molecule has 2 aromatic rings. The third-order valence-corrected chi connectivity index (χ3v) is 11.1. The molecule has 0 aliphatic rings. The topological polar surface area (TPSA) is 205 Å². The average Bonchev–Trinajstić information content (AvgIpc) is 3.66. The second-order valence-electron chi connectivity index (χ2n) is 15.7. The van der Waals surface area contributed by atoms with Gasteiger partial charge in [0.1, 0.15) is 17.7 Å². The molecule has 388 valence electrons. The average molecular weight is 986 g/mol. The molecule has 0 saturated carbocycles. The standard InChI is InChI=1S/C20H23N5O2S.C16H32O3.C14H28O2.2CO2/c1-14-12-16(25(8-10-26-4)9-11-27-5)6-7-18(14)23-24-20-17(13-21)15(2)19(22-3)28-20;1-3-5-6-7-8-9-10-11-12-16(17)19-15-14-18-13-4-2;1-3-5-6-7-8-9-10-11-12-14(15)16-13-4-2;2*2-1-3/h6-7,12H,8-11H2,1-2,4-5H3;3-15H2,1-2H3;3-13H2,1-2H3;;. The van der Waals surface area contributed by atoms with E-state index in [1.807, 2.05) is 26.0 Å². The smallest absolute Gasteiger partial charge is 0.373 e. The first-order valence-corrected chi connectivity index (χ1v) is 25.4. The van der Waals surface area contributed by atoms with Crippen molar-refractivity contribution in [2.24, 2.45) is 10.2 Å². The van der Waals surface area contributed by atoms with Crippen molar-refractivity contribution in [2.75, 3.05) is 71.9 Å². The van der Waals surface area contributed by atoms with Crippen molar-refractivity contribution in [3.8, 4) is 6.07 Å². The van der Waals surface area contributed by atoms with Crippen LogP contribution in [0.4, 0.5) is 21.4 Å². The molecular weight excluding hydrogens is 903 g/mol. The van der Waals surface area contributed by atoms with Crippen LogP contribution < -0.4 is 4.90 Å². The number of carbonyl (C=O) groups excluding carboxylic acids is 6. The molecule has 1 aromatic carbocycles. The van der Waals surface area contributed by atoms with E-state index < -0.39 is 0 Å². The summed E-state index contributed by atoms with van der Waals surface area (Å²) in [5.41, 5.74) is 3.83. The quantitative estimate of drug-likeness (QED) is 0.0277. The number of nitrogens with zero attached hydrogens (tertiary/aromatic N) is 5. The maximum absolute atomic E-state index is 11.4. The number of azo groups is 1. The van der Waals surface area contributed by atoms with Crippen LogP contribution in [0.25, 0.3) is 4.85 Å². The van der Waals surface area contributed by atoms with Crippen LogP contribution in [-0.2, 0) is 52.5 Å². The Hall–Kier alpha value is -5.12. The van der Waals surface area contributed by atoms with E-state index in [1.165, 1.54) is 94.8 Å². The van der Waals surface area contributed by atoms with Crippen molar-refractivity contribution >= 4 is 57.0 Å². The van der Waals surface area contributed by atoms with E-state index in [0.717, 1.165) is 68.7 Å². The third kappa shape index (κ3) is 40.5. The number of aryl methyl sites for hydroxylation is 1. The predicted octanol–water partition coefficient (Wildman–Crippen LogP) is 13.1. The van der Waals surface area contributed by atoms with Crippen LogP contribution >= 0.6 is 11.3 Å². The van der Waals surface area contributed by atoms with Gasteiger partial charge in [-0.3, -0.25) is 9.59 Å². The fourth-order valence-corrected chi connectivity index (χ4v) is 7.11. The van der Waals surface area contributed by atoms with Crippen molar-refractivity contribution in [2.45, 2.75) is 170 Å². The molecule has 0 unspecified atom stereocenters. The van der Waals surface area contributed by atoms with E-state index in [1.54, 1.807) is 21.1 Å². The van der Waals surface area contributed by atoms with Gasteiger partial charge in [0.25, 0.3) is 0 Å². The summed E-state index contributed by atoms with van der Waals surface area (Å²) >= 11 is 1.19. The van der Waals surface area contributed by atoms with Crippen LogP contribution in [0.15, 0.2) is 28.4 Å². The Labute approximate surface area is 417 Å². The molecular formula is C52H83N5O11S. The molecule has 0 radical (unpaired) electrons. The van der Waals surface area contributed by atoms with E-state index in [-0.39, 0.29) is 24.2 Å². The van der Waals surface area contributed by atoms with E-state index in [4.69, 9.17) is 49.4 Å². The normalized spacial score (nSPS) is 9.94. The summed E-state index contributed by atoms with van der Waals surface area (Å²) in [4.78, 5) is 60.7. The maximum atomic E-state index is 11.4. The highest BCUT2D eigenvalue weighted by atomic mass is 32.1. The molecule has 69 heavy (non-hydrogen) atoms. The summed E-state index contributed by atoms with van der Waals surface area (Å²) in [6.45, 7) is 24.5. The van der Waals surface area contributed by atoms with Gasteiger partial charge in [0.15, 0.2) is 0 Å². The first kappa shape index (κ1) is 68.1. The zero-order valence-corrected chi connectivity index (χ0v) is 44.0. The van der Waals surface area contributed by atoms with E-state index in [2.05, 4.69) is 52.9 Å². The molecule has 2 rings (SSSR count). The molecule has 0 atom stereocenters. The maximum Gasteiger partial charge on any atom is 0.373 e. The second-order valence-corrected chi connectivity index (χ2v) is 16.7. The molecule has 1 aromatic heterocycles. The van der Waals surface area contributed by atoms with Crippen molar-refractivity contribution in [3.63, 3.8) is 0 Å². The lowest BCUT2D eigenvalue weighted by Gasteiger charge is -2.24. The Kier molecular flexibility index (Phi) is 51.6. The van der Waals surface area contributed by atoms with Crippen molar-refractivity contribution in [1.29, 1.82) is 5.26 Å². The highest BCUT2D eigenvalue weighted by molar-refractivity contribution is 7.20. The molecule has 1 heterocycles. The Bertz CT molecular complexity index is 1740. The number of methoxy groups -OCH3 is 2. The van der Waals surface area contributed by atoms with Gasteiger partial charge < -0.3 is 28.6 Å². The first-order chi connectivity index (χ1) is 33.5. The van der Waals surface area contributed by atoms with Gasteiger partial charge in [-0.25, -0.2) is 4.85 Å².